The van der Waals surface area contributed by atoms with Crippen LogP contribution >= 0.6 is 0 Å². The fraction of sp³-hybridized carbons (Fsp3) is 0.429. The van der Waals surface area contributed by atoms with Crippen LogP contribution in [0.25, 0.3) is 11.3 Å². The molecule has 1 amide bonds. The Morgan fingerprint density at radius 3 is 3.00 bits per heavy atom. The second-order valence-electron chi connectivity index (χ2n) is 4.69. The van der Waals surface area contributed by atoms with Gasteiger partial charge in [0.15, 0.2) is 0 Å². The van der Waals surface area contributed by atoms with Crippen LogP contribution < -0.4 is 10.2 Å². The van der Waals surface area contributed by atoms with Crippen LogP contribution in [-0.2, 0) is 0 Å². The summed E-state index contributed by atoms with van der Waals surface area (Å²) in [5.74, 6) is -0.485. The minimum atomic E-state index is -0.485. The number of pyridine rings is 1. The molecule has 2 rings (SSSR count). The number of carbonyl (C=O) groups excluding carboxylic acids is 1. The molecule has 7 nitrogen and oxygen atoms in total. The second kappa shape index (κ2) is 7.37. The summed E-state index contributed by atoms with van der Waals surface area (Å²) in [5, 5.41) is 18.0. The predicted octanol–water partition coefficient (Wildman–Crippen LogP) is 1.68. The molecule has 0 aliphatic heterocycles. The molecule has 0 unspecified atom stereocenters. The number of amides is 1. The highest BCUT2D eigenvalue weighted by atomic mass is 16.8. The molecule has 0 atom stereocenters. The minimum Gasteiger partial charge on any atom is -0.359 e. The van der Waals surface area contributed by atoms with Gasteiger partial charge in [0, 0.05) is 24.1 Å². The van der Waals surface area contributed by atoms with Crippen LogP contribution in [0.4, 0.5) is 0 Å². The first-order chi connectivity index (χ1) is 10.2. The maximum Gasteiger partial charge on any atom is 0.300 e. The molecule has 0 spiro atoms. The van der Waals surface area contributed by atoms with Crippen molar-refractivity contribution < 1.29 is 14.3 Å². The highest BCUT2D eigenvalue weighted by molar-refractivity contribution is 5.96. The molecule has 0 aromatic carbocycles. The van der Waals surface area contributed by atoms with Gasteiger partial charge in [0.1, 0.15) is 0 Å². The van der Waals surface area contributed by atoms with E-state index in [0.717, 1.165) is 25.7 Å². The van der Waals surface area contributed by atoms with Gasteiger partial charge in [0.05, 0.1) is 5.56 Å². The Labute approximate surface area is 122 Å². The number of unbranched alkanes of at least 4 members (excludes halogenated alkanes) is 3. The maximum absolute atomic E-state index is 12.1. The Morgan fingerprint density at radius 1 is 1.43 bits per heavy atom. The molecule has 2 heterocycles. The number of hydrogen-bond donors (Lipinski definition) is 1. The van der Waals surface area contributed by atoms with Crippen LogP contribution in [0.5, 0.6) is 0 Å². The van der Waals surface area contributed by atoms with Gasteiger partial charge in [0.2, 0.25) is 0 Å². The van der Waals surface area contributed by atoms with Gasteiger partial charge < -0.3 is 10.5 Å². The number of nitrogens with one attached hydrogen (secondary N) is 1. The van der Waals surface area contributed by atoms with Gasteiger partial charge in [-0.05, 0) is 23.5 Å². The van der Waals surface area contributed by atoms with Crippen molar-refractivity contribution in [3.05, 3.63) is 35.4 Å². The van der Waals surface area contributed by atoms with Crippen molar-refractivity contribution in [2.45, 2.75) is 32.6 Å². The molecule has 0 aliphatic carbocycles. The SMILES string of the molecule is CCCCCCNC(=O)c1c(-c2cccnc2)no[n+]1[O-]. The second-order valence-corrected chi connectivity index (χ2v) is 4.69. The van der Waals surface area contributed by atoms with E-state index in [1.54, 1.807) is 18.3 Å². The quantitative estimate of drug-likeness (QED) is 0.618. The Hall–Kier alpha value is -2.44. The van der Waals surface area contributed by atoms with Gasteiger partial charge in [-0.15, -0.1) is 0 Å². The summed E-state index contributed by atoms with van der Waals surface area (Å²) in [7, 11) is 0. The average molecular weight is 290 g/mol. The minimum absolute atomic E-state index is 0.129. The molecule has 2 aromatic rings. The predicted molar refractivity (Wildman–Crippen MR) is 75.2 cm³/mol. The van der Waals surface area contributed by atoms with Crippen LogP contribution in [0.3, 0.4) is 0 Å². The Morgan fingerprint density at radius 2 is 2.29 bits per heavy atom. The van der Waals surface area contributed by atoms with Crippen molar-refractivity contribution >= 4 is 5.91 Å². The lowest BCUT2D eigenvalue weighted by atomic mass is 10.1. The third kappa shape index (κ3) is 3.77. The average Bonchev–Trinajstić information content (AvgIpc) is 2.89. The van der Waals surface area contributed by atoms with E-state index in [4.69, 9.17) is 0 Å². The molecular weight excluding hydrogens is 272 g/mol. The van der Waals surface area contributed by atoms with Gasteiger partial charge in [-0.25, -0.2) is 0 Å². The molecule has 21 heavy (non-hydrogen) atoms. The summed E-state index contributed by atoms with van der Waals surface area (Å²) in [6.07, 6.45) is 7.31. The van der Waals surface area contributed by atoms with Crippen LogP contribution in [0.2, 0.25) is 0 Å². The van der Waals surface area contributed by atoms with E-state index in [1.807, 2.05) is 0 Å². The van der Waals surface area contributed by atoms with Crippen LogP contribution in [0.1, 0.15) is 43.1 Å². The van der Waals surface area contributed by atoms with E-state index in [9.17, 15) is 10.0 Å². The monoisotopic (exact) mass is 290 g/mol. The molecule has 0 radical (unpaired) electrons. The largest absolute Gasteiger partial charge is 0.359 e. The zero-order valence-electron chi connectivity index (χ0n) is 11.9. The molecule has 1 N–H and O–H groups in total. The number of rotatable bonds is 7. The number of hydrogen-bond acceptors (Lipinski definition) is 5. The van der Waals surface area contributed by atoms with Gasteiger partial charge in [-0.2, -0.15) is 0 Å². The Balaban J connectivity index is 2.06. The van der Waals surface area contributed by atoms with Crippen LogP contribution in [-0.4, -0.2) is 22.6 Å². The van der Waals surface area contributed by atoms with E-state index in [-0.39, 0.29) is 16.3 Å². The molecular formula is C14H18N4O3. The van der Waals surface area contributed by atoms with Crippen molar-refractivity contribution in [3.8, 4) is 11.3 Å². The molecule has 0 bridgehead atoms. The van der Waals surface area contributed by atoms with E-state index in [2.05, 4.69) is 27.0 Å². The zero-order chi connectivity index (χ0) is 15.1. The first-order valence-electron chi connectivity index (χ1n) is 7.02. The first kappa shape index (κ1) is 15.0. The molecule has 112 valence electrons. The van der Waals surface area contributed by atoms with E-state index >= 15 is 0 Å². The summed E-state index contributed by atoms with van der Waals surface area (Å²) in [6, 6.07) is 3.41. The summed E-state index contributed by atoms with van der Waals surface area (Å²) in [6.45, 7) is 2.65. The van der Waals surface area contributed by atoms with Gasteiger partial charge >= 0.3 is 0 Å². The molecule has 2 aromatic heterocycles. The van der Waals surface area contributed by atoms with Crippen LogP contribution in [0, 0.1) is 5.21 Å². The summed E-state index contributed by atoms with van der Waals surface area (Å²) in [5.41, 5.74) is 0.620. The van der Waals surface area contributed by atoms with Crippen molar-refractivity contribution in [1.29, 1.82) is 0 Å². The van der Waals surface area contributed by atoms with Gasteiger partial charge in [0.25, 0.3) is 17.3 Å². The summed E-state index contributed by atoms with van der Waals surface area (Å²) >= 11 is 0. The van der Waals surface area contributed by atoms with Crippen LogP contribution in [0.15, 0.2) is 29.2 Å². The number of aromatic nitrogens is 3. The highest BCUT2D eigenvalue weighted by Gasteiger charge is 2.27. The summed E-state index contributed by atoms with van der Waals surface area (Å²) < 4.78 is 4.54. The first-order valence-corrected chi connectivity index (χ1v) is 7.02. The third-order valence-corrected chi connectivity index (χ3v) is 3.08. The van der Waals surface area contributed by atoms with Gasteiger partial charge in [-0.1, -0.05) is 26.2 Å². The highest BCUT2D eigenvalue weighted by Crippen LogP contribution is 2.17. The number of carbonyl (C=O) groups is 1. The Bertz CT molecular complexity index is 583. The zero-order valence-corrected chi connectivity index (χ0v) is 11.9. The fourth-order valence-corrected chi connectivity index (χ4v) is 1.97. The third-order valence-electron chi connectivity index (χ3n) is 3.08. The van der Waals surface area contributed by atoms with Gasteiger partial charge in [-0.3, -0.25) is 14.4 Å². The lowest BCUT2D eigenvalue weighted by molar-refractivity contribution is -0.803. The maximum atomic E-state index is 12.1. The standard InChI is InChI=1S/C14H18N4O3/c1-2-3-4-5-9-16-14(19)13-12(17-21-18(13)20)11-7-6-8-15-10-11/h6-8,10H,2-5,9H2,1H3,(H,16,19). The topological polar surface area (TPSA) is 95.0 Å². The van der Waals surface area contributed by atoms with Crippen molar-refractivity contribution in [2.75, 3.05) is 6.54 Å². The van der Waals surface area contributed by atoms with E-state index in [0.29, 0.717) is 12.1 Å². The van der Waals surface area contributed by atoms with Crippen molar-refractivity contribution in [2.24, 2.45) is 0 Å². The van der Waals surface area contributed by atoms with E-state index in [1.165, 1.54) is 6.20 Å². The summed E-state index contributed by atoms with van der Waals surface area (Å²) in [4.78, 5) is 16.2. The number of nitrogens with zero attached hydrogens (tertiary/aromatic N) is 3. The van der Waals surface area contributed by atoms with E-state index < -0.39 is 5.91 Å². The molecule has 0 saturated heterocycles. The van der Waals surface area contributed by atoms with Crippen molar-refractivity contribution in [3.63, 3.8) is 0 Å². The lowest BCUT2D eigenvalue weighted by Crippen LogP contribution is -2.37. The van der Waals surface area contributed by atoms with Crippen molar-refractivity contribution in [1.82, 2.24) is 15.5 Å². The molecule has 0 fully saturated rings. The lowest BCUT2D eigenvalue weighted by Gasteiger charge is -2.03. The molecule has 0 saturated carbocycles. The Kier molecular flexibility index (Phi) is 5.25. The molecule has 7 heteroatoms. The smallest absolute Gasteiger partial charge is 0.300 e. The fourth-order valence-electron chi connectivity index (χ4n) is 1.97. The molecule has 0 aliphatic rings. The normalized spacial score (nSPS) is 10.5.